The van der Waals surface area contributed by atoms with E-state index in [1.807, 2.05) is 6.92 Å². The van der Waals surface area contributed by atoms with Crippen LogP contribution in [0.4, 0.5) is 0 Å². The molecule has 0 saturated heterocycles. The molecule has 0 aromatic rings. The maximum Gasteiger partial charge on any atom is 0.220 e. The largest absolute Gasteiger partial charge is 0.396 e. The Hall–Kier alpha value is -0.570. The van der Waals surface area contributed by atoms with Crippen LogP contribution >= 0.6 is 0 Å². The second kappa shape index (κ2) is 4.28. The molecule has 0 aromatic carbocycles. The highest BCUT2D eigenvalue weighted by Crippen LogP contribution is 2.13. The Labute approximate surface area is 61.2 Å². The standard InChI is InChI=1S/C7H15NO2/c1-5(3-4-9)6(2)7(8)10/h5-6,9H,3-4H2,1-2H3,(H2,8,10). The predicted molar refractivity (Wildman–Crippen MR) is 39.2 cm³/mol. The van der Waals surface area contributed by atoms with Crippen LogP contribution in [0.1, 0.15) is 20.3 Å². The Morgan fingerprint density at radius 2 is 2.10 bits per heavy atom. The summed E-state index contributed by atoms with van der Waals surface area (Å²) in [4.78, 5) is 10.6. The first kappa shape index (κ1) is 9.43. The minimum Gasteiger partial charge on any atom is -0.396 e. The molecule has 3 nitrogen and oxygen atoms in total. The molecule has 0 bridgehead atoms. The summed E-state index contributed by atoms with van der Waals surface area (Å²) in [6, 6.07) is 0. The number of nitrogens with two attached hydrogens (primary N) is 1. The van der Waals surface area contributed by atoms with Crippen molar-refractivity contribution in [3.05, 3.63) is 0 Å². The van der Waals surface area contributed by atoms with E-state index in [9.17, 15) is 4.79 Å². The molecule has 0 aliphatic heterocycles. The third-order valence-corrected chi connectivity index (χ3v) is 1.89. The number of aliphatic hydroxyl groups excluding tert-OH is 1. The summed E-state index contributed by atoms with van der Waals surface area (Å²) in [7, 11) is 0. The molecule has 2 unspecified atom stereocenters. The van der Waals surface area contributed by atoms with E-state index in [1.54, 1.807) is 6.92 Å². The van der Waals surface area contributed by atoms with Crippen LogP contribution in [-0.4, -0.2) is 17.6 Å². The summed E-state index contributed by atoms with van der Waals surface area (Å²) in [6.07, 6.45) is 0.643. The van der Waals surface area contributed by atoms with Gasteiger partial charge >= 0.3 is 0 Å². The number of rotatable bonds is 4. The number of primary amides is 1. The van der Waals surface area contributed by atoms with Gasteiger partial charge in [-0.2, -0.15) is 0 Å². The number of hydrogen-bond acceptors (Lipinski definition) is 2. The maximum atomic E-state index is 10.6. The van der Waals surface area contributed by atoms with Gasteiger partial charge in [-0.05, 0) is 12.3 Å². The van der Waals surface area contributed by atoms with Crippen LogP contribution < -0.4 is 5.73 Å². The van der Waals surface area contributed by atoms with E-state index in [0.29, 0.717) is 6.42 Å². The number of carbonyl (C=O) groups is 1. The lowest BCUT2D eigenvalue weighted by atomic mass is 9.93. The quantitative estimate of drug-likeness (QED) is 0.590. The molecule has 0 aliphatic rings. The Bertz CT molecular complexity index is 114. The van der Waals surface area contributed by atoms with Gasteiger partial charge in [-0.3, -0.25) is 4.79 Å². The van der Waals surface area contributed by atoms with Gasteiger partial charge < -0.3 is 10.8 Å². The first-order valence-electron chi connectivity index (χ1n) is 3.49. The summed E-state index contributed by atoms with van der Waals surface area (Å²) in [6.45, 7) is 3.81. The van der Waals surface area contributed by atoms with Crippen LogP contribution in [0, 0.1) is 11.8 Å². The molecule has 10 heavy (non-hydrogen) atoms. The lowest BCUT2D eigenvalue weighted by molar-refractivity contribution is -0.122. The third kappa shape index (κ3) is 2.82. The molecular weight excluding hydrogens is 130 g/mol. The molecule has 0 aromatic heterocycles. The lowest BCUT2D eigenvalue weighted by Gasteiger charge is -2.14. The first-order valence-corrected chi connectivity index (χ1v) is 3.49. The molecule has 0 heterocycles. The highest BCUT2D eigenvalue weighted by atomic mass is 16.3. The minimum atomic E-state index is -0.291. The maximum absolute atomic E-state index is 10.6. The number of amides is 1. The average molecular weight is 145 g/mol. The van der Waals surface area contributed by atoms with Crippen molar-refractivity contribution < 1.29 is 9.90 Å². The fourth-order valence-corrected chi connectivity index (χ4v) is 0.734. The molecule has 0 radical (unpaired) electrons. The van der Waals surface area contributed by atoms with Crippen LogP contribution in [0.15, 0.2) is 0 Å². The molecule has 60 valence electrons. The van der Waals surface area contributed by atoms with Crippen molar-refractivity contribution in [1.29, 1.82) is 0 Å². The topological polar surface area (TPSA) is 63.3 Å². The number of hydrogen-bond donors (Lipinski definition) is 2. The van der Waals surface area contributed by atoms with E-state index in [-0.39, 0.29) is 24.3 Å². The highest BCUT2D eigenvalue weighted by molar-refractivity contribution is 5.76. The summed E-state index contributed by atoms with van der Waals surface area (Å²) in [5.74, 6) is -0.240. The van der Waals surface area contributed by atoms with Gasteiger partial charge in [0.05, 0.1) is 0 Å². The second-order valence-electron chi connectivity index (χ2n) is 2.68. The van der Waals surface area contributed by atoms with Crippen molar-refractivity contribution in [2.45, 2.75) is 20.3 Å². The van der Waals surface area contributed by atoms with Gasteiger partial charge in [0.1, 0.15) is 0 Å². The second-order valence-corrected chi connectivity index (χ2v) is 2.68. The van der Waals surface area contributed by atoms with Crippen molar-refractivity contribution in [1.82, 2.24) is 0 Å². The molecule has 2 atom stereocenters. The van der Waals surface area contributed by atoms with Crippen molar-refractivity contribution in [2.24, 2.45) is 17.6 Å². The van der Waals surface area contributed by atoms with Gasteiger partial charge in [-0.1, -0.05) is 13.8 Å². The molecule has 1 amide bonds. The van der Waals surface area contributed by atoms with E-state index < -0.39 is 0 Å². The van der Waals surface area contributed by atoms with E-state index in [4.69, 9.17) is 10.8 Å². The van der Waals surface area contributed by atoms with E-state index in [0.717, 1.165) is 0 Å². The molecule has 3 N–H and O–H groups in total. The highest BCUT2D eigenvalue weighted by Gasteiger charge is 2.16. The fraction of sp³-hybridized carbons (Fsp3) is 0.857. The van der Waals surface area contributed by atoms with Gasteiger partial charge in [0.2, 0.25) is 5.91 Å². The third-order valence-electron chi connectivity index (χ3n) is 1.89. The molecule has 0 rings (SSSR count). The monoisotopic (exact) mass is 145 g/mol. The van der Waals surface area contributed by atoms with Crippen LogP contribution in [0.2, 0.25) is 0 Å². The van der Waals surface area contributed by atoms with Crippen molar-refractivity contribution >= 4 is 5.91 Å². The zero-order chi connectivity index (χ0) is 8.15. The SMILES string of the molecule is CC(CCO)C(C)C(N)=O. The van der Waals surface area contributed by atoms with Crippen molar-refractivity contribution in [3.8, 4) is 0 Å². The van der Waals surface area contributed by atoms with E-state index in [1.165, 1.54) is 0 Å². The van der Waals surface area contributed by atoms with Crippen LogP contribution in [0.5, 0.6) is 0 Å². The predicted octanol–water partition coefficient (Wildman–Crippen LogP) is 0.126. The van der Waals surface area contributed by atoms with Crippen molar-refractivity contribution in [2.75, 3.05) is 6.61 Å². The normalized spacial score (nSPS) is 16.3. The average Bonchev–Trinajstić information content (AvgIpc) is 1.87. The zero-order valence-electron chi connectivity index (χ0n) is 6.50. The van der Waals surface area contributed by atoms with Gasteiger partial charge in [0, 0.05) is 12.5 Å². The lowest BCUT2D eigenvalue weighted by Crippen LogP contribution is -2.26. The smallest absolute Gasteiger partial charge is 0.220 e. The number of aliphatic hydroxyl groups is 1. The molecular formula is C7H15NO2. The number of carbonyl (C=O) groups excluding carboxylic acids is 1. The van der Waals surface area contributed by atoms with Crippen LogP contribution in [0.25, 0.3) is 0 Å². The Balaban J connectivity index is 3.69. The van der Waals surface area contributed by atoms with Gasteiger partial charge in [0.25, 0.3) is 0 Å². The molecule has 0 fully saturated rings. The first-order chi connectivity index (χ1) is 4.59. The summed E-state index contributed by atoms with van der Waals surface area (Å²) in [5.41, 5.74) is 5.05. The van der Waals surface area contributed by atoms with Crippen molar-refractivity contribution in [3.63, 3.8) is 0 Å². The summed E-state index contributed by atoms with van der Waals surface area (Å²) < 4.78 is 0. The summed E-state index contributed by atoms with van der Waals surface area (Å²) in [5, 5.41) is 8.52. The molecule has 0 spiro atoms. The van der Waals surface area contributed by atoms with Gasteiger partial charge in [-0.25, -0.2) is 0 Å². The molecule has 0 saturated carbocycles. The fourth-order valence-electron chi connectivity index (χ4n) is 0.734. The van der Waals surface area contributed by atoms with E-state index >= 15 is 0 Å². The van der Waals surface area contributed by atoms with E-state index in [2.05, 4.69) is 0 Å². The molecule has 0 aliphatic carbocycles. The molecule has 3 heteroatoms. The van der Waals surface area contributed by atoms with Gasteiger partial charge in [0.15, 0.2) is 0 Å². The summed E-state index contributed by atoms with van der Waals surface area (Å²) >= 11 is 0. The van der Waals surface area contributed by atoms with Crippen LogP contribution in [-0.2, 0) is 4.79 Å². The Morgan fingerprint density at radius 3 is 2.40 bits per heavy atom. The van der Waals surface area contributed by atoms with Gasteiger partial charge in [-0.15, -0.1) is 0 Å². The Kier molecular flexibility index (Phi) is 4.03. The zero-order valence-corrected chi connectivity index (χ0v) is 6.50. The van der Waals surface area contributed by atoms with Crippen LogP contribution in [0.3, 0.4) is 0 Å². The Morgan fingerprint density at radius 1 is 1.60 bits per heavy atom. The minimum absolute atomic E-state index is 0.124.